The number of aromatic amines is 2. The Labute approximate surface area is 228 Å². The zero-order valence-corrected chi connectivity index (χ0v) is 22.2. The van der Waals surface area contributed by atoms with Crippen molar-refractivity contribution in [3.8, 4) is 5.69 Å². The third-order valence-electron chi connectivity index (χ3n) is 8.28. The maximum atomic E-state index is 4.94. The van der Waals surface area contributed by atoms with Crippen molar-refractivity contribution in [1.29, 1.82) is 0 Å². The van der Waals surface area contributed by atoms with Crippen LogP contribution in [0.25, 0.3) is 27.5 Å². The van der Waals surface area contributed by atoms with Crippen LogP contribution < -0.4 is 0 Å². The van der Waals surface area contributed by atoms with Crippen LogP contribution in [0.3, 0.4) is 0 Å². The van der Waals surface area contributed by atoms with Crippen molar-refractivity contribution in [3.63, 3.8) is 0 Å². The molecular weight excluding hydrogens is 480 g/mol. The number of nitrogens with zero attached hydrogens (tertiary/aromatic N) is 4. The Bertz CT molecular complexity index is 1690. The first-order valence-corrected chi connectivity index (χ1v) is 14.2. The van der Waals surface area contributed by atoms with Gasteiger partial charge in [0.2, 0.25) is 0 Å². The zero-order valence-electron chi connectivity index (χ0n) is 22.2. The summed E-state index contributed by atoms with van der Waals surface area (Å²) in [5, 5.41) is 12.4. The summed E-state index contributed by atoms with van der Waals surface area (Å²) in [5.41, 5.74) is 6.16. The van der Waals surface area contributed by atoms with Gasteiger partial charge in [0.25, 0.3) is 0 Å². The summed E-state index contributed by atoms with van der Waals surface area (Å²) in [6.07, 6.45) is 10.7. The zero-order chi connectivity index (χ0) is 26.0. The third kappa shape index (κ3) is 4.66. The second kappa shape index (κ2) is 10.5. The lowest BCUT2D eigenvalue weighted by Gasteiger charge is -2.34. The van der Waals surface area contributed by atoms with E-state index < -0.39 is 0 Å². The van der Waals surface area contributed by atoms with Gasteiger partial charge in [-0.2, -0.15) is 0 Å². The molecule has 1 atom stereocenters. The van der Waals surface area contributed by atoms with E-state index in [1.165, 1.54) is 52.2 Å². The minimum Gasteiger partial charge on any atom is -0.361 e. The molecule has 1 aliphatic rings. The van der Waals surface area contributed by atoms with E-state index in [1.807, 2.05) is 0 Å². The van der Waals surface area contributed by atoms with Gasteiger partial charge >= 0.3 is 0 Å². The summed E-state index contributed by atoms with van der Waals surface area (Å²) >= 11 is 0. The summed E-state index contributed by atoms with van der Waals surface area (Å²) in [7, 11) is 0. The smallest absolute Gasteiger partial charge is 0.155 e. The fourth-order valence-electron chi connectivity index (χ4n) is 6.27. The molecule has 0 saturated carbocycles. The van der Waals surface area contributed by atoms with Gasteiger partial charge in [0, 0.05) is 46.3 Å². The number of H-pyrrole nitrogens is 2. The summed E-state index contributed by atoms with van der Waals surface area (Å²) in [6, 6.07) is 27.9. The van der Waals surface area contributed by atoms with Crippen molar-refractivity contribution in [2.24, 2.45) is 0 Å². The Kier molecular flexibility index (Phi) is 6.47. The highest BCUT2D eigenvalue weighted by molar-refractivity contribution is 5.83. The molecule has 0 unspecified atom stereocenters. The predicted octanol–water partition coefficient (Wildman–Crippen LogP) is 6.78. The van der Waals surface area contributed by atoms with Crippen molar-refractivity contribution >= 4 is 21.8 Å². The normalized spacial score (nSPS) is 15.3. The molecule has 4 heterocycles. The fourth-order valence-corrected chi connectivity index (χ4v) is 6.27. The number of likely N-dealkylation sites (tertiary alicyclic amines) is 1. The Balaban J connectivity index is 1.28. The number of aryl methyl sites for hydroxylation is 2. The number of nitrogens with one attached hydrogen (secondary N) is 2. The van der Waals surface area contributed by atoms with Gasteiger partial charge in [-0.25, -0.2) is 0 Å². The Morgan fingerprint density at radius 2 is 1.31 bits per heavy atom. The van der Waals surface area contributed by atoms with Crippen molar-refractivity contribution in [1.82, 2.24) is 29.6 Å². The van der Waals surface area contributed by atoms with Gasteiger partial charge < -0.3 is 9.97 Å². The topological polar surface area (TPSA) is 65.5 Å². The number of fused-ring (bicyclic) bond motifs is 2. The van der Waals surface area contributed by atoms with Crippen LogP contribution in [0.4, 0.5) is 0 Å². The average molecular weight is 515 g/mol. The van der Waals surface area contributed by atoms with Crippen LogP contribution in [-0.2, 0) is 19.3 Å². The molecule has 6 heteroatoms. The SMILES string of the molecule is c1ccc(-n2c(CCc3c[nH]c4ccccc34)nnc2[C@@H](Cc2c[nH]c3ccccc23)N2CCCCC2)cc1. The molecular formula is C33H34N6. The number of benzene rings is 3. The molecule has 39 heavy (non-hydrogen) atoms. The van der Waals surface area contributed by atoms with Gasteiger partial charge in [0.1, 0.15) is 5.82 Å². The molecule has 0 spiro atoms. The maximum Gasteiger partial charge on any atom is 0.155 e. The Morgan fingerprint density at radius 3 is 2.05 bits per heavy atom. The number of para-hydroxylation sites is 3. The standard InChI is InChI=1S/C33H34N6/c1-3-11-26(12-4-1)39-32(18-17-24-22-34-29-15-7-5-13-27(24)29)36-37-33(39)31(38-19-9-2-10-20-38)21-25-23-35-30-16-8-6-14-28(25)30/h1,3-8,11-16,22-23,31,34-35H,2,9-10,17-21H2/t31-/m1/s1. The summed E-state index contributed by atoms with van der Waals surface area (Å²) in [4.78, 5) is 9.55. The molecule has 0 amide bonds. The minimum absolute atomic E-state index is 0.152. The van der Waals surface area contributed by atoms with Crippen LogP contribution in [0.15, 0.2) is 91.3 Å². The predicted molar refractivity (Wildman–Crippen MR) is 157 cm³/mol. The monoisotopic (exact) mass is 514 g/mol. The Morgan fingerprint density at radius 1 is 0.667 bits per heavy atom. The van der Waals surface area contributed by atoms with Crippen molar-refractivity contribution in [2.75, 3.05) is 13.1 Å². The number of piperidine rings is 1. The lowest BCUT2D eigenvalue weighted by molar-refractivity contribution is 0.155. The highest BCUT2D eigenvalue weighted by Crippen LogP contribution is 2.32. The fraction of sp³-hybridized carbons (Fsp3) is 0.273. The quantitative estimate of drug-likeness (QED) is 0.235. The number of hydrogen-bond acceptors (Lipinski definition) is 3. The van der Waals surface area contributed by atoms with E-state index in [-0.39, 0.29) is 6.04 Å². The van der Waals surface area contributed by atoms with E-state index in [0.29, 0.717) is 0 Å². The van der Waals surface area contributed by atoms with Crippen LogP contribution in [-0.4, -0.2) is 42.7 Å². The molecule has 0 radical (unpaired) electrons. The lowest BCUT2D eigenvalue weighted by atomic mass is 10.00. The first kappa shape index (κ1) is 23.9. The number of hydrogen-bond donors (Lipinski definition) is 2. The average Bonchev–Trinajstić information content (AvgIpc) is 3.73. The van der Waals surface area contributed by atoms with E-state index in [9.17, 15) is 0 Å². The molecule has 6 nitrogen and oxygen atoms in total. The van der Waals surface area contributed by atoms with E-state index in [4.69, 9.17) is 10.2 Å². The van der Waals surface area contributed by atoms with Crippen molar-refractivity contribution in [2.45, 2.75) is 44.6 Å². The van der Waals surface area contributed by atoms with Gasteiger partial charge in [0.15, 0.2) is 5.82 Å². The number of rotatable bonds is 8. The van der Waals surface area contributed by atoms with Crippen molar-refractivity contribution < 1.29 is 0 Å². The van der Waals surface area contributed by atoms with Gasteiger partial charge in [-0.05, 0) is 74.2 Å². The summed E-state index contributed by atoms with van der Waals surface area (Å²) < 4.78 is 2.34. The molecule has 1 aliphatic heterocycles. The molecule has 1 saturated heterocycles. The molecule has 7 rings (SSSR count). The Hall–Kier alpha value is -4.16. The molecule has 6 aromatic rings. The largest absolute Gasteiger partial charge is 0.361 e. The summed E-state index contributed by atoms with van der Waals surface area (Å²) in [6.45, 7) is 2.19. The van der Waals surface area contributed by atoms with Gasteiger partial charge in [-0.15, -0.1) is 10.2 Å². The lowest BCUT2D eigenvalue weighted by Crippen LogP contribution is -2.36. The molecule has 196 valence electrons. The maximum absolute atomic E-state index is 4.94. The van der Waals surface area contributed by atoms with Crippen LogP contribution in [0.2, 0.25) is 0 Å². The molecule has 0 aliphatic carbocycles. The van der Waals surface area contributed by atoms with Crippen LogP contribution >= 0.6 is 0 Å². The minimum atomic E-state index is 0.152. The van der Waals surface area contributed by atoms with E-state index in [2.05, 4.69) is 111 Å². The van der Waals surface area contributed by atoms with E-state index in [0.717, 1.165) is 49.7 Å². The second-order valence-electron chi connectivity index (χ2n) is 10.7. The van der Waals surface area contributed by atoms with Gasteiger partial charge in [0.05, 0.1) is 6.04 Å². The highest BCUT2D eigenvalue weighted by atomic mass is 15.3. The van der Waals surface area contributed by atoms with Gasteiger partial charge in [-0.3, -0.25) is 9.47 Å². The highest BCUT2D eigenvalue weighted by Gasteiger charge is 2.30. The first-order valence-electron chi connectivity index (χ1n) is 14.2. The van der Waals surface area contributed by atoms with Gasteiger partial charge in [-0.1, -0.05) is 61.0 Å². The molecule has 3 aromatic carbocycles. The third-order valence-corrected chi connectivity index (χ3v) is 8.28. The molecule has 1 fully saturated rings. The van der Waals surface area contributed by atoms with Crippen LogP contribution in [0.5, 0.6) is 0 Å². The van der Waals surface area contributed by atoms with E-state index in [1.54, 1.807) is 0 Å². The summed E-state index contributed by atoms with van der Waals surface area (Å²) in [5.74, 6) is 2.06. The van der Waals surface area contributed by atoms with Crippen LogP contribution in [0.1, 0.15) is 48.1 Å². The molecule has 0 bridgehead atoms. The van der Waals surface area contributed by atoms with Crippen molar-refractivity contribution in [3.05, 3.63) is 114 Å². The van der Waals surface area contributed by atoms with Crippen LogP contribution in [0, 0.1) is 0 Å². The van der Waals surface area contributed by atoms with E-state index >= 15 is 0 Å². The number of aromatic nitrogens is 5. The molecule has 2 N–H and O–H groups in total. The first-order chi connectivity index (χ1) is 19.3. The second-order valence-corrected chi connectivity index (χ2v) is 10.7. The molecule has 3 aromatic heterocycles.